The third kappa shape index (κ3) is 1.49. The standard InChI is InChI=1S/C11H8N2O2S/c14-9-7-3-1-5-12-10(7)16-11(13-9)8-4-2-6-15-8/h1-6,11H,(H,13,14)/t11-/m1/s1. The molecular formula is C11H8N2O2S. The van der Waals surface area contributed by atoms with Crippen LogP contribution in [-0.2, 0) is 0 Å². The van der Waals surface area contributed by atoms with Crippen molar-refractivity contribution in [1.82, 2.24) is 10.3 Å². The first-order chi connectivity index (χ1) is 7.84. The number of pyridine rings is 1. The van der Waals surface area contributed by atoms with E-state index in [-0.39, 0.29) is 11.3 Å². The van der Waals surface area contributed by atoms with Crippen molar-refractivity contribution < 1.29 is 9.21 Å². The van der Waals surface area contributed by atoms with Crippen molar-refractivity contribution in [1.29, 1.82) is 0 Å². The summed E-state index contributed by atoms with van der Waals surface area (Å²) < 4.78 is 5.27. The van der Waals surface area contributed by atoms with Gasteiger partial charge in [-0.25, -0.2) is 4.98 Å². The molecule has 80 valence electrons. The molecule has 1 atom stereocenters. The van der Waals surface area contributed by atoms with Gasteiger partial charge in [0.1, 0.15) is 16.2 Å². The zero-order valence-corrected chi connectivity index (χ0v) is 9.03. The van der Waals surface area contributed by atoms with Crippen molar-refractivity contribution in [3.8, 4) is 0 Å². The van der Waals surface area contributed by atoms with Crippen LogP contribution in [0.4, 0.5) is 0 Å². The number of rotatable bonds is 1. The lowest BCUT2D eigenvalue weighted by Crippen LogP contribution is -2.30. The van der Waals surface area contributed by atoms with E-state index in [9.17, 15) is 4.79 Å². The molecule has 1 aliphatic rings. The van der Waals surface area contributed by atoms with E-state index in [1.165, 1.54) is 11.8 Å². The molecule has 2 aromatic rings. The summed E-state index contributed by atoms with van der Waals surface area (Å²) >= 11 is 1.48. The van der Waals surface area contributed by atoms with E-state index in [0.29, 0.717) is 5.56 Å². The molecule has 0 bridgehead atoms. The maximum absolute atomic E-state index is 11.8. The van der Waals surface area contributed by atoms with Crippen LogP contribution in [0.5, 0.6) is 0 Å². The first-order valence-corrected chi connectivity index (χ1v) is 5.68. The summed E-state index contributed by atoms with van der Waals surface area (Å²) in [5.41, 5.74) is 0.621. The Morgan fingerprint density at radius 3 is 3.12 bits per heavy atom. The van der Waals surface area contributed by atoms with Gasteiger partial charge >= 0.3 is 0 Å². The molecule has 0 saturated heterocycles. The first kappa shape index (κ1) is 9.47. The predicted octanol–water partition coefficient (Wildman–Crippen LogP) is 2.21. The molecule has 0 saturated carbocycles. The molecule has 16 heavy (non-hydrogen) atoms. The van der Waals surface area contributed by atoms with Crippen molar-refractivity contribution in [2.24, 2.45) is 0 Å². The van der Waals surface area contributed by atoms with E-state index in [1.807, 2.05) is 6.07 Å². The normalized spacial score (nSPS) is 19.0. The lowest BCUT2D eigenvalue weighted by molar-refractivity contribution is 0.0939. The third-order valence-corrected chi connectivity index (χ3v) is 3.44. The number of fused-ring (bicyclic) bond motifs is 1. The van der Waals surface area contributed by atoms with Crippen molar-refractivity contribution in [3.05, 3.63) is 48.0 Å². The molecule has 0 aromatic carbocycles. The van der Waals surface area contributed by atoms with E-state index < -0.39 is 0 Å². The lowest BCUT2D eigenvalue weighted by atomic mass is 10.2. The number of nitrogens with zero attached hydrogens (tertiary/aromatic N) is 1. The highest BCUT2D eigenvalue weighted by Gasteiger charge is 2.28. The summed E-state index contributed by atoms with van der Waals surface area (Å²) in [4.78, 5) is 16.0. The molecule has 2 aromatic heterocycles. The van der Waals surface area contributed by atoms with Gasteiger partial charge < -0.3 is 9.73 Å². The molecule has 0 radical (unpaired) electrons. The van der Waals surface area contributed by atoms with E-state index in [2.05, 4.69) is 10.3 Å². The number of amides is 1. The molecule has 4 nitrogen and oxygen atoms in total. The maximum Gasteiger partial charge on any atom is 0.255 e. The fourth-order valence-electron chi connectivity index (χ4n) is 1.57. The molecule has 0 unspecified atom stereocenters. The quantitative estimate of drug-likeness (QED) is 0.819. The second-order valence-corrected chi connectivity index (χ2v) is 4.44. The van der Waals surface area contributed by atoms with Gasteiger partial charge in [-0.3, -0.25) is 4.79 Å². The Bertz CT molecular complexity index is 525. The number of aromatic nitrogens is 1. The summed E-state index contributed by atoms with van der Waals surface area (Å²) in [6.07, 6.45) is 3.28. The summed E-state index contributed by atoms with van der Waals surface area (Å²) in [5, 5.41) is 3.42. The minimum atomic E-state index is -0.190. The van der Waals surface area contributed by atoms with Crippen LogP contribution >= 0.6 is 11.8 Å². The maximum atomic E-state index is 11.8. The monoisotopic (exact) mass is 232 g/mol. The highest BCUT2D eigenvalue weighted by Crippen LogP contribution is 2.37. The highest BCUT2D eigenvalue weighted by atomic mass is 32.2. The van der Waals surface area contributed by atoms with Crippen LogP contribution in [0.15, 0.2) is 46.2 Å². The van der Waals surface area contributed by atoms with Crippen molar-refractivity contribution in [2.45, 2.75) is 10.4 Å². The Morgan fingerprint density at radius 2 is 2.31 bits per heavy atom. The minimum absolute atomic E-state index is 0.108. The summed E-state index contributed by atoms with van der Waals surface area (Å²) in [6, 6.07) is 7.16. The van der Waals surface area contributed by atoms with E-state index >= 15 is 0 Å². The number of thioether (sulfide) groups is 1. The van der Waals surface area contributed by atoms with E-state index in [4.69, 9.17) is 4.42 Å². The Labute approximate surface area is 96.1 Å². The molecule has 5 heteroatoms. The highest BCUT2D eigenvalue weighted by molar-refractivity contribution is 7.99. The van der Waals surface area contributed by atoms with Crippen molar-refractivity contribution in [3.63, 3.8) is 0 Å². The van der Waals surface area contributed by atoms with E-state index in [1.54, 1.807) is 30.7 Å². The van der Waals surface area contributed by atoms with Gasteiger partial charge in [0.25, 0.3) is 5.91 Å². The van der Waals surface area contributed by atoms with Gasteiger partial charge in [0.15, 0.2) is 0 Å². The third-order valence-electron chi connectivity index (χ3n) is 2.31. The second kappa shape index (κ2) is 3.68. The largest absolute Gasteiger partial charge is 0.466 e. The zero-order chi connectivity index (χ0) is 11.0. The number of carbonyl (C=O) groups is 1. The van der Waals surface area contributed by atoms with Crippen LogP contribution < -0.4 is 5.32 Å². The Morgan fingerprint density at radius 1 is 1.38 bits per heavy atom. The number of nitrogens with one attached hydrogen (secondary N) is 1. The van der Waals surface area contributed by atoms with Crippen LogP contribution in [0.2, 0.25) is 0 Å². The summed E-state index contributed by atoms with van der Waals surface area (Å²) in [6.45, 7) is 0. The average molecular weight is 232 g/mol. The first-order valence-electron chi connectivity index (χ1n) is 4.80. The van der Waals surface area contributed by atoms with Gasteiger partial charge in [0.05, 0.1) is 11.8 Å². The van der Waals surface area contributed by atoms with Crippen LogP contribution in [0.3, 0.4) is 0 Å². The Hall–Kier alpha value is -1.75. The fraction of sp³-hybridized carbons (Fsp3) is 0.0909. The van der Waals surface area contributed by atoms with Gasteiger partial charge in [-0.05, 0) is 24.3 Å². The molecular weight excluding hydrogens is 224 g/mol. The van der Waals surface area contributed by atoms with Gasteiger partial charge in [0.2, 0.25) is 0 Å². The Balaban J connectivity index is 1.98. The van der Waals surface area contributed by atoms with Gasteiger partial charge in [-0.2, -0.15) is 0 Å². The van der Waals surface area contributed by atoms with Crippen LogP contribution in [-0.4, -0.2) is 10.9 Å². The topological polar surface area (TPSA) is 55.1 Å². The number of furan rings is 1. The number of hydrogen-bond donors (Lipinski definition) is 1. The van der Waals surface area contributed by atoms with Crippen molar-refractivity contribution >= 4 is 17.7 Å². The van der Waals surface area contributed by atoms with Crippen LogP contribution in [0.25, 0.3) is 0 Å². The molecule has 0 spiro atoms. The van der Waals surface area contributed by atoms with Crippen molar-refractivity contribution in [2.75, 3.05) is 0 Å². The van der Waals surface area contributed by atoms with Gasteiger partial charge in [-0.1, -0.05) is 11.8 Å². The number of hydrogen-bond acceptors (Lipinski definition) is 4. The number of carbonyl (C=O) groups excluding carboxylic acids is 1. The predicted molar refractivity (Wildman–Crippen MR) is 59.0 cm³/mol. The second-order valence-electron chi connectivity index (χ2n) is 3.34. The molecule has 3 heterocycles. The summed E-state index contributed by atoms with van der Waals surface area (Å²) in [7, 11) is 0. The lowest BCUT2D eigenvalue weighted by Gasteiger charge is -2.22. The minimum Gasteiger partial charge on any atom is -0.466 e. The molecule has 1 aliphatic heterocycles. The van der Waals surface area contributed by atoms with Gasteiger partial charge in [-0.15, -0.1) is 0 Å². The molecule has 0 aliphatic carbocycles. The Kier molecular flexibility index (Phi) is 2.18. The molecule has 3 rings (SSSR count). The van der Waals surface area contributed by atoms with Crippen LogP contribution in [0, 0.1) is 0 Å². The molecule has 0 fully saturated rings. The zero-order valence-electron chi connectivity index (χ0n) is 8.21. The van der Waals surface area contributed by atoms with E-state index in [0.717, 1.165) is 10.8 Å². The van der Waals surface area contributed by atoms with Gasteiger partial charge in [0, 0.05) is 6.20 Å². The smallest absolute Gasteiger partial charge is 0.255 e. The molecule has 1 amide bonds. The SMILES string of the molecule is O=C1N[C@@H](c2ccco2)Sc2ncccc21. The average Bonchev–Trinajstić information content (AvgIpc) is 2.82. The fourth-order valence-corrected chi connectivity index (χ4v) is 2.61. The molecule has 1 N–H and O–H groups in total. The van der Waals surface area contributed by atoms with Crippen LogP contribution in [0.1, 0.15) is 21.5 Å². The summed E-state index contributed by atoms with van der Waals surface area (Å²) in [5.74, 6) is 0.623.